The highest BCUT2D eigenvalue weighted by molar-refractivity contribution is 5.94. The van der Waals surface area contributed by atoms with Crippen molar-refractivity contribution >= 4 is 11.9 Å². The van der Waals surface area contributed by atoms with Gasteiger partial charge in [0.05, 0.1) is 11.1 Å². The Bertz CT molecular complexity index is 1990. The van der Waals surface area contributed by atoms with Gasteiger partial charge in [-0.2, -0.15) is 0 Å². The number of ether oxygens (including phenoxy) is 2. The van der Waals surface area contributed by atoms with Gasteiger partial charge in [-0.05, 0) is 220 Å². The summed E-state index contributed by atoms with van der Waals surface area (Å²) in [6.45, 7) is 37.9. The van der Waals surface area contributed by atoms with E-state index in [1.165, 1.54) is 55.6 Å². The Kier molecular flexibility index (Phi) is 15.6. The number of benzene rings is 5. The molecule has 5 rings (SSSR count). The zero-order valence-electron chi connectivity index (χ0n) is 37.7. The molecule has 5 aromatic rings. The van der Waals surface area contributed by atoms with Gasteiger partial charge < -0.3 is 9.47 Å². The van der Waals surface area contributed by atoms with Gasteiger partial charge in [0.1, 0.15) is 11.5 Å². The summed E-state index contributed by atoms with van der Waals surface area (Å²) in [6, 6.07) is 15.3. The zero-order valence-corrected chi connectivity index (χ0v) is 37.7. The Labute approximate surface area is 338 Å². The Morgan fingerprint density at radius 1 is 0.357 bits per heavy atom. The van der Waals surface area contributed by atoms with E-state index >= 15 is 0 Å². The Morgan fingerprint density at radius 3 is 0.750 bits per heavy atom. The van der Waals surface area contributed by atoms with Crippen molar-refractivity contribution in [3.8, 4) is 33.8 Å². The molecule has 4 nitrogen and oxygen atoms in total. The summed E-state index contributed by atoms with van der Waals surface area (Å²) in [7, 11) is 0. The van der Waals surface area contributed by atoms with Gasteiger partial charge in [0.15, 0.2) is 0 Å². The van der Waals surface area contributed by atoms with Gasteiger partial charge in [0.2, 0.25) is 0 Å². The maximum Gasteiger partial charge on any atom is 0.343 e. The molecule has 0 heterocycles. The van der Waals surface area contributed by atoms with E-state index in [1.54, 1.807) is 0 Å². The van der Waals surface area contributed by atoms with E-state index in [0.717, 1.165) is 57.3 Å². The third-order valence-corrected chi connectivity index (χ3v) is 11.8. The van der Waals surface area contributed by atoms with E-state index in [9.17, 15) is 9.59 Å². The van der Waals surface area contributed by atoms with Gasteiger partial charge in [-0.1, -0.05) is 65.8 Å². The van der Waals surface area contributed by atoms with Crippen LogP contribution in [0.25, 0.3) is 22.3 Å². The lowest BCUT2D eigenvalue weighted by atomic mass is 9.77. The Balaban J connectivity index is 0.00000204. The summed E-state index contributed by atoms with van der Waals surface area (Å²) < 4.78 is 12.2. The SMILES string of the molecule is CC.CC.CCc1ccc(C(=O)Oc2c(C)c(C)c(-c3c(C)c(C)c(-c4c(C)c(C)c(OC(=O)c5ccc(CC)cc5)c(C)c4C)c(C)c3C)c(C)c2C)cc1. The number of carbonyl (C=O) groups excluding carboxylic acids is 2. The summed E-state index contributed by atoms with van der Waals surface area (Å²) in [4.78, 5) is 26.6. The molecule has 0 spiro atoms. The summed E-state index contributed by atoms with van der Waals surface area (Å²) in [6.07, 6.45) is 1.84. The van der Waals surface area contributed by atoms with Crippen LogP contribution >= 0.6 is 0 Å². The number of aryl methyl sites for hydroxylation is 2. The first-order valence-electron chi connectivity index (χ1n) is 20.5. The lowest BCUT2D eigenvalue weighted by Gasteiger charge is -2.28. The Hall–Kier alpha value is -4.96. The number of carbonyl (C=O) groups is 2. The van der Waals surface area contributed by atoms with Gasteiger partial charge >= 0.3 is 11.9 Å². The molecule has 5 aromatic carbocycles. The van der Waals surface area contributed by atoms with Crippen molar-refractivity contribution in [3.05, 3.63) is 138 Å². The second kappa shape index (κ2) is 19.3. The van der Waals surface area contributed by atoms with Crippen LogP contribution in [0.5, 0.6) is 11.5 Å². The average molecular weight is 755 g/mol. The lowest BCUT2D eigenvalue weighted by molar-refractivity contribution is 0.0722. The van der Waals surface area contributed by atoms with Crippen LogP contribution in [-0.2, 0) is 12.8 Å². The number of rotatable bonds is 8. The third kappa shape index (κ3) is 8.55. The fourth-order valence-electron chi connectivity index (χ4n) is 7.73. The maximum atomic E-state index is 13.3. The van der Waals surface area contributed by atoms with E-state index in [-0.39, 0.29) is 11.9 Å². The van der Waals surface area contributed by atoms with Crippen LogP contribution in [0.1, 0.15) is 140 Å². The van der Waals surface area contributed by atoms with Crippen molar-refractivity contribution in [1.29, 1.82) is 0 Å². The molecule has 0 aliphatic rings. The lowest BCUT2D eigenvalue weighted by Crippen LogP contribution is -2.13. The summed E-state index contributed by atoms with van der Waals surface area (Å²) in [5, 5.41) is 0. The van der Waals surface area contributed by atoms with Gasteiger partial charge in [-0.15, -0.1) is 0 Å². The molecule has 298 valence electrons. The van der Waals surface area contributed by atoms with Crippen molar-refractivity contribution in [3.63, 3.8) is 0 Å². The van der Waals surface area contributed by atoms with Crippen LogP contribution in [-0.4, -0.2) is 11.9 Å². The quantitative estimate of drug-likeness (QED) is 0.117. The number of hydrogen-bond donors (Lipinski definition) is 0. The molecule has 0 radical (unpaired) electrons. The van der Waals surface area contributed by atoms with E-state index in [4.69, 9.17) is 9.47 Å². The van der Waals surface area contributed by atoms with Gasteiger partial charge in [0.25, 0.3) is 0 Å². The van der Waals surface area contributed by atoms with Crippen molar-refractivity contribution in [2.24, 2.45) is 0 Å². The van der Waals surface area contributed by atoms with E-state index in [2.05, 4.69) is 96.9 Å². The number of esters is 2. The predicted octanol–water partition coefficient (Wildman–Crippen LogP) is 14.3. The third-order valence-electron chi connectivity index (χ3n) is 11.8. The highest BCUT2D eigenvalue weighted by Gasteiger charge is 2.27. The molecule has 0 aromatic heterocycles. The fraction of sp³-hybridized carbons (Fsp3) is 0.385. The van der Waals surface area contributed by atoms with Crippen molar-refractivity contribution in [2.45, 2.75) is 137 Å². The predicted molar refractivity (Wildman–Crippen MR) is 238 cm³/mol. The molecule has 0 aliphatic heterocycles. The maximum absolute atomic E-state index is 13.3. The van der Waals surface area contributed by atoms with Crippen LogP contribution in [0.15, 0.2) is 48.5 Å². The molecule has 0 atom stereocenters. The van der Waals surface area contributed by atoms with Gasteiger partial charge in [-0.25, -0.2) is 9.59 Å². The van der Waals surface area contributed by atoms with Crippen LogP contribution < -0.4 is 9.47 Å². The first-order valence-corrected chi connectivity index (χ1v) is 20.5. The van der Waals surface area contributed by atoms with Crippen molar-refractivity contribution in [1.82, 2.24) is 0 Å². The standard InChI is InChI=1S/C48H54O4.2C2H6/c1-15-37-17-21-39(22-18-37)47(49)51-45-33(11)29(7)43(30(8)34(45)12)41-25(3)27(5)42(28(6)26(41)4)44-31(9)35(13)46(36(14)32(44)10)52-48(50)40-23-19-38(16-2)20-24-40;2*1-2/h17-24H,15-16H2,1-14H3;2*1-2H3. The molecule has 56 heavy (non-hydrogen) atoms. The molecule has 0 saturated carbocycles. The average Bonchev–Trinajstić information content (AvgIpc) is 3.22. The smallest absolute Gasteiger partial charge is 0.343 e. The minimum absolute atomic E-state index is 0.341. The van der Waals surface area contributed by atoms with Crippen molar-refractivity contribution < 1.29 is 19.1 Å². The molecule has 0 saturated heterocycles. The molecule has 4 heteroatoms. The highest BCUT2D eigenvalue weighted by Crippen LogP contribution is 2.47. The summed E-state index contributed by atoms with van der Waals surface area (Å²) in [5.41, 5.74) is 21.6. The first kappa shape index (κ1) is 45.4. The second-order valence-electron chi connectivity index (χ2n) is 14.5. The normalized spacial score (nSPS) is 10.6. The molecular weight excluding hydrogens is 689 g/mol. The number of hydrogen-bond acceptors (Lipinski definition) is 4. The van der Waals surface area contributed by atoms with Crippen LogP contribution in [0.2, 0.25) is 0 Å². The van der Waals surface area contributed by atoms with Crippen LogP contribution in [0.3, 0.4) is 0 Å². The van der Waals surface area contributed by atoms with Crippen LogP contribution in [0, 0.1) is 83.1 Å². The first-order chi connectivity index (χ1) is 26.5. The van der Waals surface area contributed by atoms with E-state index in [1.807, 2.05) is 76.2 Å². The fourth-order valence-corrected chi connectivity index (χ4v) is 7.73. The van der Waals surface area contributed by atoms with Crippen LogP contribution in [0.4, 0.5) is 0 Å². The van der Waals surface area contributed by atoms with Gasteiger partial charge in [0, 0.05) is 0 Å². The monoisotopic (exact) mass is 754 g/mol. The minimum Gasteiger partial charge on any atom is -0.422 e. The minimum atomic E-state index is -0.341. The summed E-state index contributed by atoms with van der Waals surface area (Å²) >= 11 is 0. The second-order valence-corrected chi connectivity index (χ2v) is 14.5. The van der Waals surface area contributed by atoms with E-state index < -0.39 is 0 Å². The van der Waals surface area contributed by atoms with Crippen molar-refractivity contribution in [2.75, 3.05) is 0 Å². The largest absolute Gasteiger partial charge is 0.422 e. The molecular formula is C52H66O4. The molecule has 0 bridgehead atoms. The topological polar surface area (TPSA) is 52.6 Å². The molecule has 0 amide bonds. The molecule has 0 N–H and O–H groups in total. The van der Waals surface area contributed by atoms with Gasteiger partial charge in [-0.3, -0.25) is 0 Å². The van der Waals surface area contributed by atoms with E-state index in [0.29, 0.717) is 22.6 Å². The Morgan fingerprint density at radius 2 is 0.554 bits per heavy atom. The molecule has 0 unspecified atom stereocenters. The molecule has 0 fully saturated rings. The molecule has 0 aliphatic carbocycles. The highest BCUT2D eigenvalue weighted by atomic mass is 16.5. The zero-order chi connectivity index (χ0) is 42.3. The summed E-state index contributed by atoms with van der Waals surface area (Å²) in [5.74, 6) is 0.595.